The number of carbonyl (C=O) groups is 1. The van der Waals surface area contributed by atoms with Gasteiger partial charge >= 0.3 is 0 Å². The van der Waals surface area contributed by atoms with Crippen LogP contribution in [0.2, 0.25) is 0 Å². The van der Waals surface area contributed by atoms with Crippen molar-refractivity contribution in [2.24, 2.45) is 0 Å². The minimum atomic E-state index is -3.96. The van der Waals surface area contributed by atoms with Gasteiger partial charge in [-0.05, 0) is 39.0 Å². The maximum atomic E-state index is 11.8. The summed E-state index contributed by atoms with van der Waals surface area (Å²) in [5, 5.41) is 2.68. The second-order valence-electron chi connectivity index (χ2n) is 4.45. The van der Waals surface area contributed by atoms with E-state index in [0.29, 0.717) is 4.47 Å². The Morgan fingerprint density at radius 2 is 1.95 bits per heavy atom. The van der Waals surface area contributed by atoms with Crippen LogP contribution >= 0.6 is 26.6 Å². The van der Waals surface area contributed by atoms with E-state index in [1.54, 1.807) is 6.07 Å². The zero-order chi connectivity index (χ0) is 15.5. The summed E-state index contributed by atoms with van der Waals surface area (Å²) in [7, 11) is 1.39. The highest BCUT2D eigenvalue weighted by Crippen LogP contribution is 2.30. The second-order valence-corrected chi connectivity index (χ2v) is 7.90. The van der Waals surface area contributed by atoms with E-state index < -0.39 is 15.2 Å². The normalized spacial score (nSPS) is 13.1. The number of hydrogen-bond donors (Lipinski definition) is 1. The largest absolute Gasteiger partial charge is 0.479 e. The standard InChI is InChI=1S/C12H15BrClNO4S/c1-7(2)15-12(16)8(3)19-10-5-4-9(13)6-11(10)20(14,17)18/h4-8H,1-3H3,(H,15,16). The molecule has 1 amide bonds. The molecule has 1 N–H and O–H groups in total. The van der Waals surface area contributed by atoms with E-state index in [2.05, 4.69) is 21.2 Å². The van der Waals surface area contributed by atoms with Gasteiger partial charge in [-0.1, -0.05) is 15.9 Å². The van der Waals surface area contributed by atoms with Crippen LogP contribution in [0.3, 0.4) is 0 Å². The molecular weight excluding hydrogens is 370 g/mol. The monoisotopic (exact) mass is 383 g/mol. The zero-order valence-corrected chi connectivity index (χ0v) is 14.3. The van der Waals surface area contributed by atoms with E-state index >= 15 is 0 Å². The molecule has 8 heteroatoms. The third-order valence-electron chi connectivity index (χ3n) is 2.27. The van der Waals surface area contributed by atoms with Crippen LogP contribution in [-0.2, 0) is 13.8 Å². The smallest absolute Gasteiger partial charge is 0.265 e. The van der Waals surface area contributed by atoms with Crippen molar-refractivity contribution >= 4 is 41.6 Å². The SMILES string of the molecule is CC(C)NC(=O)C(C)Oc1ccc(Br)cc1S(=O)(=O)Cl. The summed E-state index contributed by atoms with van der Waals surface area (Å²) in [6.07, 6.45) is -0.837. The van der Waals surface area contributed by atoms with Crippen LogP contribution in [0.4, 0.5) is 0 Å². The average Bonchev–Trinajstić information content (AvgIpc) is 2.29. The molecule has 5 nitrogen and oxygen atoms in total. The number of hydrogen-bond acceptors (Lipinski definition) is 4. The highest BCUT2D eigenvalue weighted by atomic mass is 79.9. The van der Waals surface area contributed by atoms with Gasteiger partial charge in [-0.3, -0.25) is 4.79 Å². The minimum absolute atomic E-state index is 0.0327. The fourth-order valence-electron chi connectivity index (χ4n) is 1.42. The summed E-state index contributed by atoms with van der Waals surface area (Å²) in [6.45, 7) is 5.17. The summed E-state index contributed by atoms with van der Waals surface area (Å²) < 4.78 is 28.9. The third kappa shape index (κ3) is 4.96. The molecular formula is C12H15BrClNO4S. The van der Waals surface area contributed by atoms with Crippen LogP contribution in [0.5, 0.6) is 5.75 Å². The molecule has 0 fully saturated rings. The molecule has 0 spiro atoms. The van der Waals surface area contributed by atoms with Crippen LogP contribution in [-0.4, -0.2) is 26.5 Å². The van der Waals surface area contributed by atoms with Crippen molar-refractivity contribution in [3.8, 4) is 5.75 Å². The molecule has 1 atom stereocenters. The summed E-state index contributed by atoms with van der Waals surface area (Å²) in [5.41, 5.74) is 0. The molecule has 1 unspecified atom stereocenters. The van der Waals surface area contributed by atoms with E-state index in [9.17, 15) is 13.2 Å². The van der Waals surface area contributed by atoms with Gasteiger partial charge in [0, 0.05) is 21.2 Å². The van der Waals surface area contributed by atoms with E-state index in [0.717, 1.165) is 0 Å². The van der Waals surface area contributed by atoms with Crippen LogP contribution in [0.15, 0.2) is 27.6 Å². The topological polar surface area (TPSA) is 72.5 Å². The van der Waals surface area contributed by atoms with Crippen molar-refractivity contribution in [1.29, 1.82) is 0 Å². The molecule has 0 saturated heterocycles. The van der Waals surface area contributed by atoms with Crippen molar-refractivity contribution in [3.63, 3.8) is 0 Å². The lowest BCUT2D eigenvalue weighted by molar-refractivity contribution is -0.127. The Balaban J connectivity index is 3.01. The Bertz CT molecular complexity index is 603. The van der Waals surface area contributed by atoms with Crippen molar-refractivity contribution in [3.05, 3.63) is 22.7 Å². The number of carbonyl (C=O) groups excluding carboxylic acids is 1. The van der Waals surface area contributed by atoms with E-state index in [1.807, 2.05) is 13.8 Å². The van der Waals surface area contributed by atoms with Gasteiger partial charge in [-0.2, -0.15) is 0 Å². The maximum Gasteiger partial charge on any atom is 0.265 e. The fraction of sp³-hybridized carbons (Fsp3) is 0.417. The van der Waals surface area contributed by atoms with Gasteiger partial charge in [0.1, 0.15) is 10.6 Å². The fourth-order valence-corrected chi connectivity index (χ4v) is 2.91. The third-order valence-corrected chi connectivity index (χ3v) is 4.11. The van der Waals surface area contributed by atoms with Crippen molar-refractivity contribution in [2.45, 2.75) is 37.8 Å². The van der Waals surface area contributed by atoms with Crippen LogP contribution in [0.25, 0.3) is 0 Å². The van der Waals surface area contributed by atoms with E-state index in [1.165, 1.54) is 19.1 Å². The first-order valence-corrected chi connectivity index (χ1v) is 8.92. The van der Waals surface area contributed by atoms with Crippen molar-refractivity contribution < 1.29 is 17.9 Å². The first kappa shape index (κ1) is 17.3. The Hall–Kier alpha value is -0.790. The van der Waals surface area contributed by atoms with Crippen LogP contribution < -0.4 is 10.1 Å². The number of amides is 1. The highest BCUT2D eigenvalue weighted by Gasteiger charge is 2.22. The zero-order valence-electron chi connectivity index (χ0n) is 11.2. The highest BCUT2D eigenvalue weighted by molar-refractivity contribution is 9.10. The summed E-state index contributed by atoms with van der Waals surface area (Å²) in [4.78, 5) is 11.6. The number of benzene rings is 1. The van der Waals surface area contributed by atoms with Crippen LogP contribution in [0.1, 0.15) is 20.8 Å². The predicted octanol–water partition coefficient (Wildman–Crippen LogP) is 2.67. The summed E-state index contributed by atoms with van der Waals surface area (Å²) >= 11 is 3.16. The Morgan fingerprint density at radius 3 is 2.45 bits per heavy atom. The molecule has 1 aromatic rings. The average molecular weight is 385 g/mol. The Kier molecular flexibility index (Phi) is 5.85. The molecule has 112 valence electrons. The van der Waals surface area contributed by atoms with Gasteiger partial charge < -0.3 is 10.1 Å². The summed E-state index contributed by atoms with van der Waals surface area (Å²) in [5.74, 6) is -0.296. The van der Waals surface area contributed by atoms with Gasteiger partial charge in [0.05, 0.1) is 0 Å². The molecule has 20 heavy (non-hydrogen) atoms. The van der Waals surface area contributed by atoms with Crippen molar-refractivity contribution in [1.82, 2.24) is 5.32 Å². The Morgan fingerprint density at radius 1 is 1.35 bits per heavy atom. The van der Waals surface area contributed by atoms with E-state index in [4.69, 9.17) is 15.4 Å². The molecule has 0 saturated carbocycles. The molecule has 1 aromatic carbocycles. The first-order valence-electron chi connectivity index (χ1n) is 5.82. The quantitative estimate of drug-likeness (QED) is 0.792. The number of nitrogens with one attached hydrogen (secondary N) is 1. The lowest BCUT2D eigenvalue weighted by Crippen LogP contribution is -2.40. The Labute approximate surface area is 131 Å². The number of halogens is 2. The summed E-state index contributed by atoms with van der Waals surface area (Å²) in [6, 6.07) is 4.34. The molecule has 1 rings (SSSR count). The molecule has 0 aliphatic heterocycles. The maximum absolute atomic E-state index is 11.8. The number of ether oxygens (including phenoxy) is 1. The molecule has 0 bridgehead atoms. The lowest BCUT2D eigenvalue weighted by Gasteiger charge is -2.17. The molecule has 0 aliphatic rings. The van der Waals surface area contributed by atoms with Gasteiger partial charge in [0.2, 0.25) is 0 Å². The molecule has 0 aliphatic carbocycles. The minimum Gasteiger partial charge on any atom is -0.479 e. The van der Waals surface area contributed by atoms with Gasteiger partial charge in [-0.15, -0.1) is 0 Å². The molecule has 0 heterocycles. The lowest BCUT2D eigenvalue weighted by atomic mass is 10.3. The first-order chi connectivity index (χ1) is 9.11. The van der Waals surface area contributed by atoms with Crippen molar-refractivity contribution in [2.75, 3.05) is 0 Å². The van der Waals surface area contributed by atoms with Gasteiger partial charge in [-0.25, -0.2) is 8.42 Å². The van der Waals surface area contributed by atoms with Gasteiger partial charge in [0.25, 0.3) is 15.0 Å². The van der Waals surface area contributed by atoms with E-state index in [-0.39, 0.29) is 22.6 Å². The molecule has 0 radical (unpaired) electrons. The van der Waals surface area contributed by atoms with Crippen LogP contribution in [0, 0.1) is 0 Å². The second kappa shape index (κ2) is 6.78. The molecule has 0 aromatic heterocycles. The van der Waals surface area contributed by atoms with Gasteiger partial charge in [0.15, 0.2) is 6.10 Å². The predicted molar refractivity (Wildman–Crippen MR) is 80.5 cm³/mol. The number of rotatable bonds is 5.